The van der Waals surface area contributed by atoms with Crippen LogP contribution in [0.1, 0.15) is 219 Å². The Balaban J connectivity index is 4.10. The molecular weight excluding hydrogens is 1070 g/mol. The molecule has 0 spiro atoms. The average Bonchev–Trinajstić information content (AvgIpc) is 3.53. The van der Waals surface area contributed by atoms with Gasteiger partial charge in [-0.3, -0.25) is 18.6 Å². The van der Waals surface area contributed by atoms with Crippen molar-refractivity contribution in [1.29, 1.82) is 0 Å². The first kappa shape index (κ1) is 79.6. The topological polar surface area (TPSA) is 134 Å². The summed E-state index contributed by atoms with van der Waals surface area (Å²) in [7, 11) is -4.42. The number of ether oxygens (including phenoxy) is 2. The highest BCUT2D eigenvalue weighted by Crippen LogP contribution is 2.43. The fraction of sp³-hybridized carbons (Fsp3) is 0.520. The molecular formula is C75H116NO8P. The number of rotatable bonds is 58. The van der Waals surface area contributed by atoms with Crippen LogP contribution >= 0.6 is 7.82 Å². The van der Waals surface area contributed by atoms with Crippen molar-refractivity contribution in [2.24, 2.45) is 5.73 Å². The van der Waals surface area contributed by atoms with Gasteiger partial charge in [0.15, 0.2) is 6.10 Å². The van der Waals surface area contributed by atoms with Crippen molar-refractivity contribution in [3.63, 3.8) is 0 Å². The van der Waals surface area contributed by atoms with Crippen LogP contribution in [-0.2, 0) is 32.7 Å². The van der Waals surface area contributed by atoms with E-state index in [0.29, 0.717) is 12.8 Å². The van der Waals surface area contributed by atoms with E-state index in [1.165, 1.54) is 0 Å². The van der Waals surface area contributed by atoms with E-state index in [-0.39, 0.29) is 32.6 Å². The van der Waals surface area contributed by atoms with Gasteiger partial charge in [0, 0.05) is 19.4 Å². The number of phosphoric ester groups is 1. The van der Waals surface area contributed by atoms with Gasteiger partial charge in [0.05, 0.1) is 13.2 Å². The maximum Gasteiger partial charge on any atom is 0.472 e. The Labute approximate surface area is 518 Å². The second-order valence-electron chi connectivity index (χ2n) is 20.5. The zero-order chi connectivity index (χ0) is 61.6. The van der Waals surface area contributed by atoms with Gasteiger partial charge < -0.3 is 20.1 Å². The van der Waals surface area contributed by atoms with Gasteiger partial charge in [-0.15, -0.1) is 0 Å². The van der Waals surface area contributed by atoms with E-state index in [1.807, 2.05) is 0 Å². The zero-order valence-corrected chi connectivity index (χ0v) is 53.9. The molecule has 2 atom stereocenters. The van der Waals surface area contributed by atoms with E-state index in [0.717, 1.165) is 180 Å². The maximum absolute atomic E-state index is 12.7. The minimum Gasteiger partial charge on any atom is -0.462 e. The fourth-order valence-corrected chi connectivity index (χ4v) is 8.70. The van der Waals surface area contributed by atoms with Crippen LogP contribution in [0.3, 0.4) is 0 Å². The molecule has 0 aliphatic rings. The Kier molecular flexibility index (Phi) is 63.4. The second kappa shape index (κ2) is 67.7. The van der Waals surface area contributed by atoms with Gasteiger partial charge in [0.25, 0.3) is 0 Å². The standard InChI is InChI=1S/C75H116NO8P/c1-3-5-7-9-11-13-15-17-19-21-23-25-27-29-30-31-32-33-34-35-36-37-38-39-40-41-42-44-46-48-50-52-54-56-58-60-62-64-66-68-75(78)84-73(72-83-85(79,80)82-70-69-76)71-81-74(77)67-65-63-61-59-57-55-53-51-49-47-45-43-28-26-24-22-20-18-16-14-12-10-8-6-4-2/h5-8,11-14,17-20,23-26,29-30,32-33,35-36,38-39,41-43,45-46,48-49,51-52,54,73H,3-4,9-10,15-16,21-22,27-28,31,34,37,40,44,47,50,53,55-72,76H2,1-2H3,(H,79,80)/b7-5-,8-6-,13-11-,14-12-,19-17-,20-18-,25-23-,26-24-,30-29-,33-32-,36-35-,39-38-,42-41-,45-43-,48-46-,51-49-,54-52-. The number of hydrogen-bond acceptors (Lipinski definition) is 8. The summed E-state index contributed by atoms with van der Waals surface area (Å²) in [5, 5.41) is 0. The van der Waals surface area contributed by atoms with Gasteiger partial charge in [-0.25, -0.2) is 4.57 Å². The van der Waals surface area contributed by atoms with Gasteiger partial charge in [0.1, 0.15) is 6.61 Å². The van der Waals surface area contributed by atoms with Crippen molar-refractivity contribution in [2.45, 2.75) is 225 Å². The summed E-state index contributed by atoms with van der Waals surface area (Å²) in [4.78, 5) is 35.3. The third-order valence-corrected chi connectivity index (χ3v) is 13.6. The molecule has 0 radical (unpaired) electrons. The quantitative estimate of drug-likeness (QED) is 0.0264. The van der Waals surface area contributed by atoms with Crippen molar-refractivity contribution in [1.82, 2.24) is 0 Å². The molecule has 0 bridgehead atoms. The second-order valence-corrected chi connectivity index (χ2v) is 22.0. The van der Waals surface area contributed by atoms with Crippen LogP contribution in [0.5, 0.6) is 0 Å². The molecule has 0 heterocycles. The van der Waals surface area contributed by atoms with Crippen LogP contribution in [0, 0.1) is 0 Å². The molecule has 0 saturated carbocycles. The lowest BCUT2D eigenvalue weighted by Gasteiger charge is -2.19. The van der Waals surface area contributed by atoms with Crippen LogP contribution < -0.4 is 5.73 Å². The van der Waals surface area contributed by atoms with E-state index in [9.17, 15) is 19.0 Å². The average molecular weight is 1190 g/mol. The minimum absolute atomic E-state index is 0.0357. The molecule has 0 amide bonds. The molecule has 0 fully saturated rings. The number of carbonyl (C=O) groups excluding carboxylic acids is 2. The Hall–Kier alpha value is -5.41. The lowest BCUT2D eigenvalue weighted by molar-refractivity contribution is -0.161. The number of hydrogen-bond donors (Lipinski definition) is 2. The summed E-state index contributed by atoms with van der Waals surface area (Å²) in [5.74, 6) is -0.885. The molecule has 9 nitrogen and oxygen atoms in total. The number of carbonyl (C=O) groups is 2. The van der Waals surface area contributed by atoms with E-state index >= 15 is 0 Å². The summed E-state index contributed by atoms with van der Waals surface area (Å²) in [5.41, 5.74) is 5.39. The molecule has 0 rings (SSSR count). The van der Waals surface area contributed by atoms with E-state index in [2.05, 4.69) is 220 Å². The van der Waals surface area contributed by atoms with Crippen LogP contribution in [0.2, 0.25) is 0 Å². The van der Waals surface area contributed by atoms with Crippen molar-refractivity contribution < 1.29 is 37.6 Å². The van der Waals surface area contributed by atoms with Crippen molar-refractivity contribution in [3.05, 3.63) is 207 Å². The molecule has 0 aromatic heterocycles. The van der Waals surface area contributed by atoms with Crippen molar-refractivity contribution in [3.8, 4) is 0 Å². The van der Waals surface area contributed by atoms with Gasteiger partial charge in [0.2, 0.25) is 0 Å². The first-order valence-electron chi connectivity index (χ1n) is 32.6. The smallest absolute Gasteiger partial charge is 0.462 e. The van der Waals surface area contributed by atoms with Gasteiger partial charge in [-0.2, -0.15) is 0 Å². The zero-order valence-electron chi connectivity index (χ0n) is 53.0. The Morgan fingerprint density at radius 1 is 0.353 bits per heavy atom. The molecule has 0 aliphatic heterocycles. The highest BCUT2D eigenvalue weighted by Gasteiger charge is 2.26. The summed E-state index contributed by atoms with van der Waals surface area (Å²) in [6.07, 6.45) is 105. The number of unbranched alkanes of at least 4 members (excludes halogenated alkanes) is 11. The molecule has 0 saturated heterocycles. The molecule has 0 aromatic carbocycles. The minimum atomic E-state index is -4.42. The fourth-order valence-electron chi connectivity index (χ4n) is 7.94. The number of nitrogens with two attached hydrogens (primary N) is 1. The van der Waals surface area contributed by atoms with Crippen LogP contribution in [-0.4, -0.2) is 49.3 Å². The van der Waals surface area contributed by atoms with Gasteiger partial charge in [-0.1, -0.05) is 265 Å². The summed E-state index contributed by atoms with van der Waals surface area (Å²) >= 11 is 0. The first-order valence-corrected chi connectivity index (χ1v) is 34.1. The molecule has 2 unspecified atom stereocenters. The predicted molar refractivity (Wildman–Crippen MR) is 366 cm³/mol. The number of esters is 2. The number of phosphoric acid groups is 1. The lowest BCUT2D eigenvalue weighted by Crippen LogP contribution is -2.29. The Morgan fingerprint density at radius 3 is 0.906 bits per heavy atom. The maximum atomic E-state index is 12.7. The number of allylic oxidation sites excluding steroid dienone is 34. The summed E-state index contributed by atoms with van der Waals surface area (Å²) < 4.78 is 33.1. The monoisotopic (exact) mass is 1190 g/mol. The van der Waals surface area contributed by atoms with Crippen LogP contribution in [0.15, 0.2) is 207 Å². The van der Waals surface area contributed by atoms with Gasteiger partial charge >= 0.3 is 19.8 Å². The molecule has 85 heavy (non-hydrogen) atoms. The molecule has 0 aliphatic carbocycles. The SMILES string of the molecule is CC/C=C\C/C=C\C/C=C\C/C=C\C/C=C\C/C=C\C/C=C\C/C=C\C/C=C\C/C=C\C/C=C\CCCCCCCC(=O)OC(COC(=O)CCCCCCCC/C=C\C/C=C\C/C=C\C/C=C\C/C=C\C/C=C\CC)COP(=O)(O)OCCN. The van der Waals surface area contributed by atoms with Crippen molar-refractivity contribution in [2.75, 3.05) is 26.4 Å². The Bertz CT molecular complexity index is 2140. The van der Waals surface area contributed by atoms with Crippen LogP contribution in [0.25, 0.3) is 0 Å². The summed E-state index contributed by atoms with van der Waals surface area (Å²) in [6, 6.07) is 0. The normalized spacial score (nSPS) is 14.4. The highest BCUT2D eigenvalue weighted by molar-refractivity contribution is 7.47. The molecule has 474 valence electrons. The first-order chi connectivity index (χ1) is 41.8. The highest BCUT2D eigenvalue weighted by atomic mass is 31.2. The molecule has 0 aromatic rings. The van der Waals surface area contributed by atoms with E-state index in [4.69, 9.17) is 24.3 Å². The van der Waals surface area contributed by atoms with E-state index < -0.39 is 32.5 Å². The largest absolute Gasteiger partial charge is 0.472 e. The Morgan fingerprint density at radius 2 is 0.612 bits per heavy atom. The van der Waals surface area contributed by atoms with Crippen LogP contribution in [0.4, 0.5) is 0 Å². The predicted octanol–water partition coefficient (Wildman–Crippen LogP) is 21.5. The summed E-state index contributed by atoms with van der Waals surface area (Å²) in [6.45, 7) is 3.44. The lowest BCUT2D eigenvalue weighted by atomic mass is 10.1. The molecule has 10 heteroatoms. The third-order valence-electron chi connectivity index (χ3n) is 12.7. The van der Waals surface area contributed by atoms with Crippen molar-refractivity contribution >= 4 is 19.8 Å². The molecule has 3 N–H and O–H groups in total. The van der Waals surface area contributed by atoms with Gasteiger partial charge in [-0.05, 0) is 148 Å². The van der Waals surface area contributed by atoms with E-state index in [1.54, 1.807) is 0 Å². The third kappa shape index (κ3) is 67.6.